The Morgan fingerprint density at radius 2 is 1.57 bits per heavy atom. The Kier molecular flexibility index (Phi) is 4.13. The van der Waals surface area contributed by atoms with Gasteiger partial charge in [-0.3, -0.25) is 10.1 Å². The predicted octanol–water partition coefficient (Wildman–Crippen LogP) is 2.10. The number of hydrogen-bond acceptors (Lipinski definition) is 3. The van der Waals surface area contributed by atoms with Crippen LogP contribution in [0.4, 0.5) is 0 Å². The summed E-state index contributed by atoms with van der Waals surface area (Å²) < 4.78 is 5.24. The lowest BCUT2D eigenvalue weighted by Gasteiger charge is -2.28. The van der Waals surface area contributed by atoms with Crippen molar-refractivity contribution in [1.29, 1.82) is 0 Å². The summed E-state index contributed by atoms with van der Waals surface area (Å²) in [6.07, 6.45) is 0. The molecule has 3 heteroatoms. The van der Waals surface area contributed by atoms with Crippen molar-refractivity contribution in [3.8, 4) is 0 Å². The minimum atomic E-state index is -0.412. The molecule has 0 aliphatic heterocycles. The molecule has 0 aliphatic carbocycles. The third kappa shape index (κ3) is 6.89. The van der Waals surface area contributed by atoms with E-state index in [1.54, 1.807) is 0 Å². The zero-order chi connectivity index (χ0) is 11.6. The second-order valence-corrected chi connectivity index (χ2v) is 5.65. The molecule has 14 heavy (non-hydrogen) atoms. The van der Waals surface area contributed by atoms with E-state index < -0.39 is 5.60 Å². The summed E-state index contributed by atoms with van der Waals surface area (Å²) in [5, 5.41) is 3.17. The van der Waals surface area contributed by atoms with Crippen molar-refractivity contribution in [3.05, 3.63) is 0 Å². The Labute approximate surface area is 87.2 Å². The summed E-state index contributed by atoms with van der Waals surface area (Å²) >= 11 is 0. The van der Waals surface area contributed by atoms with Crippen molar-refractivity contribution in [2.45, 2.75) is 65.6 Å². The van der Waals surface area contributed by atoms with Crippen molar-refractivity contribution in [1.82, 2.24) is 5.32 Å². The van der Waals surface area contributed by atoms with Crippen LogP contribution < -0.4 is 5.32 Å². The zero-order valence-corrected chi connectivity index (χ0v) is 10.4. The Morgan fingerprint density at radius 1 is 1.14 bits per heavy atom. The maximum atomic E-state index is 11.6. The van der Waals surface area contributed by atoms with Crippen LogP contribution in [0.5, 0.6) is 0 Å². The number of carbonyl (C=O) groups excluding carboxylic acids is 1. The molecule has 0 aromatic heterocycles. The first kappa shape index (κ1) is 13.4. The summed E-state index contributed by atoms with van der Waals surface area (Å²) in [5.74, 6) is -0.201. The molecule has 0 aromatic carbocycles. The maximum Gasteiger partial charge on any atom is 0.323 e. The topological polar surface area (TPSA) is 38.3 Å². The number of rotatable bonds is 2. The van der Waals surface area contributed by atoms with E-state index in [-0.39, 0.29) is 17.6 Å². The van der Waals surface area contributed by atoms with E-state index in [9.17, 15) is 4.79 Å². The summed E-state index contributed by atoms with van der Waals surface area (Å²) in [7, 11) is 0. The molecule has 0 spiro atoms. The van der Waals surface area contributed by atoms with E-state index in [0.717, 1.165) is 0 Å². The highest BCUT2D eigenvalue weighted by Crippen LogP contribution is 2.10. The summed E-state index contributed by atoms with van der Waals surface area (Å²) in [5.41, 5.74) is -0.485. The third-order valence-electron chi connectivity index (χ3n) is 1.41. The first-order valence-corrected chi connectivity index (χ1v) is 5.02. The third-order valence-corrected chi connectivity index (χ3v) is 1.41. The molecule has 0 radical (unpaired) electrons. The second kappa shape index (κ2) is 4.30. The maximum absolute atomic E-state index is 11.6. The summed E-state index contributed by atoms with van der Waals surface area (Å²) in [4.78, 5) is 11.6. The van der Waals surface area contributed by atoms with Crippen LogP contribution in [0, 0.1) is 0 Å². The molecule has 0 rings (SSSR count). The first-order valence-electron chi connectivity index (χ1n) is 5.02. The van der Waals surface area contributed by atoms with Gasteiger partial charge in [0.05, 0.1) is 0 Å². The molecule has 0 bridgehead atoms. The molecule has 0 saturated carbocycles. The minimum Gasteiger partial charge on any atom is -0.459 e. The molecule has 3 nitrogen and oxygen atoms in total. The highest BCUT2D eigenvalue weighted by atomic mass is 16.6. The zero-order valence-electron chi connectivity index (χ0n) is 10.4. The number of hydrogen-bond donors (Lipinski definition) is 1. The standard InChI is InChI=1S/C11H23NO2/c1-8(12-10(2,3)4)9(13)14-11(5,6)7/h8,12H,1-7H3/t8-/m1/s1. The van der Waals surface area contributed by atoms with Crippen LogP contribution in [-0.4, -0.2) is 23.2 Å². The largest absolute Gasteiger partial charge is 0.459 e. The normalized spacial score (nSPS) is 15.1. The quantitative estimate of drug-likeness (QED) is 0.695. The summed E-state index contributed by atoms with van der Waals surface area (Å²) in [6.45, 7) is 13.5. The average molecular weight is 201 g/mol. The van der Waals surface area contributed by atoms with E-state index >= 15 is 0 Å². The number of carbonyl (C=O) groups is 1. The van der Waals surface area contributed by atoms with E-state index in [0.29, 0.717) is 0 Å². The van der Waals surface area contributed by atoms with Crippen LogP contribution in [0.25, 0.3) is 0 Å². The molecule has 0 saturated heterocycles. The van der Waals surface area contributed by atoms with Crippen LogP contribution in [0.15, 0.2) is 0 Å². The fourth-order valence-electron chi connectivity index (χ4n) is 1.10. The lowest BCUT2D eigenvalue weighted by Crippen LogP contribution is -2.48. The van der Waals surface area contributed by atoms with Gasteiger partial charge in [-0.25, -0.2) is 0 Å². The molecule has 1 atom stereocenters. The smallest absolute Gasteiger partial charge is 0.323 e. The molecule has 0 unspecified atom stereocenters. The van der Waals surface area contributed by atoms with Gasteiger partial charge >= 0.3 is 5.97 Å². The molecular weight excluding hydrogens is 178 g/mol. The molecular formula is C11H23NO2. The van der Waals surface area contributed by atoms with Gasteiger partial charge in [0.2, 0.25) is 0 Å². The van der Waals surface area contributed by atoms with Gasteiger partial charge in [0.25, 0.3) is 0 Å². The van der Waals surface area contributed by atoms with E-state index in [1.165, 1.54) is 0 Å². The molecule has 0 fully saturated rings. The van der Waals surface area contributed by atoms with Gasteiger partial charge in [-0.2, -0.15) is 0 Å². The van der Waals surface area contributed by atoms with Gasteiger partial charge in [-0.05, 0) is 48.5 Å². The number of ether oxygens (including phenoxy) is 1. The Morgan fingerprint density at radius 3 is 1.86 bits per heavy atom. The van der Waals surface area contributed by atoms with Gasteiger partial charge in [-0.15, -0.1) is 0 Å². The van der Waals surface area contributed by atoms with Gasteiger partial charge in [-0.1, -0.05) is 0 Å². The van der Waals surface area contributed by atoms with Crippen LogP contribution in [-0.2, 0) is 9.53 Å². The Balaban J connectivity index is 4.15. The predicted molar refractivity (Wildman–Crippen MR) is 58.2 cm³/mol. The highest BCUT2D eigenvalue weighted by Gasteiger charge is 2.24. The Bertz CT molecular complexity index is 198. The van der Waals surface area contributed by atoms with Crippen LogP contribution in [0.1, 0.15) is 48.5 Å². The van der Waals surface area contributed by atoms with Gasteiger partial charge < -0.3 is 4.74 Å². The lowest BCUT2D eigenvalue weighted by atomic mass is 10.1. The van der Waals surface area contributed by atoms with Crippen molar-refractivity contribution in [2.75, 3.05) is 0 Å². The van der Waals surface area contributed by atoms with E-state index in [1.807, 2.05) is 48.5 Å². The monoisotopic (exact) mass is 201 g/mol. The van der Waals surface area contributed by atoms with E-state index in [4.69, 9.17) is 4.74 Å². The van der Waals surface area contributed by atoms with Gasteiger partial charge in [0.15, 0.2) is 0 Å². The second-order valence-electron chi connectivity index (χ2n) is 5.65. The van der Waals surface area contributed by atoms with Crippen molar-refractivity contribution in [3.63, 3.8) is 0 Å². The SMILES string of the molecule is C[C@@H](NC(C)(C)C)C(=O)OC(C)(C)C. The fraction of sp³-hybridized carbons (Fsp3) is 0.909. The molecule has 0 heterocycles. The lowest BCUT2D eigenvalue weighted by molar-refractivity contribution is -0.157. The molecule has 84 valence electrons. The number of nitrogens with one attached hydrogen (secondary N) is 1. The molecule has 0 aliphatic rings. The Hall–Kier alpha value is -0.570. The first-order chi connectivity index (χ1) is 6.01. The molecule has 0 amide bonds. The van der Waals surface area contributed by atoms with Crippen molar-refractivity contribution >= 4 is 5.97 Å². The molecule has 1 N–H and O–H groups in total. The fourth-order valence-corrected chi connectivity index (χ4v) is 1.10. The van der Waals surface area contributed by atoms with E-state index in [2.05, 4.69) is 5.32 Å². The molecule has 0 aromatic rings. The van der Waals surface area contributed by atoms with Gasteiger partial charge in [0, 0.05) is 5.54 Å². The summed E-state index contributed by atoms with van der Waals surface area (Å²) in [6, 6.07) is -0.269. The highest BCUT2D eigenvalue weighted by molar-refractivity contribution is 5.75. The van der Waals surface area contributed by atoms with Gasteiger partial charge in [0.1, 0.15) is 11.6 Å². The minimum absolute atomic E-state index is 0.0731. The van der Waals surface area contributed by atoms with Crippen LogP contribution in [0.2, 0.25) is 0 Å². The van der Waals surface area contributed by atoms with Crippen molar-refractivity contribution < 1.29 is 9.53 Å². The van der Waals surface area contributed by atoms with Crippen LogP contribution >= 0.6 is 0 Å². The average Bonchev–Trinajstić information content (AvgIpc) is 1.78. The van der Waals surface area contributed by atoms with Crippen molar-refractivity contribution in [2.24, 2.45) is 0 Å². The van der Waals surface area contributed by atoms with Crippen LogP contribution in [0.3, 0.4) is 0 Å². The number of esters is 1.